The topological polar surface area (TPSA) is 50.3 Å². The zero-order valence-electron chi connectivity index (χ0n) is 13.6. The fraction of sp³-hybridized carbons (Fsp3) is 0.800. The minimum absolute atomic E-state index is 0.258. The molecule has 1 aliphatic rings. The predicted molar refractivity (Wildman–Crippen MR) is 82.6 cm³/mol. The minimum atomic E-state index is 0.258. The van der Waals surface area contributed by atoms with Crippen molar-refractivity contribution in [3.05, 3.63) is 17.5 Å². The van der Waals surface area contributed by atoms with Crippen molar-refractivity contribution in [2.24, 2.45) is 12.8 Å². The van der Waals surface area contributed by atoms with Crippen molar-refractivity contribution in [1.82, 2.24) is 19.6 Å². The summed E-state index contributed by atoms with van der Waals surface area (Å²) in [5.41, 5.74) is 8.80. The van der Waals surface area contributed by atoms with Gasteiger partial charge >= 0.3 is 0 Å². The van der Waals surface area contributed by atoms with Crippen molar-refractivity contribution < 1.29 is 0 Å². The van der Waals surface area contributed by atoms with Crippen molar-refractivity contribution in [1.29, 1.82) is 0 Å². The second-order valence-electron chi connectivity index (χ2n) is 6.75. The van der Waals surface area contributed by atoms with E-state index in [0.717, 1.165) is 26.2 Å². The van der Waals surface area contributed by atoms with E-state index < -0.39 is 0 Å². The molecule has 0 radical (unpaired) electrons. The molecule has 0 amide bonds. The lowest BCUT2D eigenvalue weighted by atomic mass is 10.0. The summed E-state index contributed by atoms with van der Waals surface area (Å²) in [7, 11) is 1.99. The van der Waals surface area contributed by atoms with Crippen LogP contribution < -0.4 is 5.73 Å². The quantitative estimate of drug-likeness (QED) is 0.901. The first-order chi connectivity index (χ1) is 9.34. The van der Waals surface area contributed by atoms with E-state index in [-0.39, 0.29) is 5.54 Å². The van der Waals surface area contributed by atoms with Crippen LogP contribution in [0.4, 0.5) is 0 Å². The monoisotopic (exact) mass is 279 g/mol. The van der Waals surface area contributed by atoms with Crippen LogP contribution in [0.25, 0.3) is 0 Å². The second-order valence-corrected chi connectivity index (χ2v) is 6.75. The zero-order chi connectivity index (χ0) is 14.9. The first kappa shape index (κ1) is 15.5. The molecule has 1 aliphatic heterocycles. The van der Waals surface area contributed by atoms with Gasteiger partial charge in [0.1, 0.15) is 0 Å². The Morgan fingerprint density at radius 1 is 1.25 bits per heavy atom. The molecular formula is C15H29N5. The van der Waals surface area contributed by atoms with Crippen molar-refractivity contribution in [3.63, 3.8) is 0 Å². The summed E-state index contributed by atoms with van der Waals surface area (Å²) in [6, 6.07) is 0.297. The summed E-state index contributed by atoms with van der Waals surface area (Å²) >= 11 is 0. The van der Waals surface area contributed by atoms with Crippen molar-refractivity contribution in [2.75, 3.05) is 32.7 Å². The van der Waals surface area contributed by atoms with E-state index in [2.05, 4.69) is 42.6 Å². The number of hydrogen-bond acceptors (Lipinski definition) is 4. The van der Waals surface area contributed by atoms with Gasteiger partial charge in [0.2, 0.25) is 0 Å². The fourth-order valence-electron chi connectivity index (χ4n) is 3.02. The normalized spacial score (nSPS) is 20.3. The highest BCUT2D eigenvalue weighted by atomic mass is 15.3. The maximum Gasteiger partial charge on any atom is 0.0540 e. The highest BCUT2D eigenvalue weighted by molar-refractivity contribution is 5.21. The van der Waals surface area contributed by atoms with Gasteiger partial charge in [-0.3, -0.25) is 14.5 Å². The summed E-state index contributed by atoms with van der Waals surface area (Å²) in [4.78, 5) is 5.05. The summed E-state index contributed by atoms with van der Waals surface area (Å²) in [6.45, 7) is 14.0. The van der Waals surface area contributed by atoms with Gasteiger partial charge in [-0.25, -0.2) is 0 Å². The number of hydrogen-bond donors (Lipinski definition) is 1. The molecule has 0 aliphatic carbocycles. The van der Waals surface area contributed by atoms with Gasteiger partial charge in [0, 0.05) is 56.6 Å². The van der Waals surface area contributed by atoms with Crippen molar-refractivity contribution >= 4 is 0 Å². The van der Waals surface area contributed by atoms with E-state index in [1.807, 2.05) is 17.9 Å². The van der Waals surface area contributed by atoms with Gasteiger partial charge in [0.15, 0.2) is 0 Å². The van der Waals surface area contributed by atoms with Gasteiger partial charge in [-0.2, -0.15) is 5.10 Å². The lowest BCUT2D eigenvalue weighted by Gasteiger charge is -2.44. The number of nitrogens with two attached hydrogens (primary N) is 1. The average molecular weight is 279 g/mol. The van der Waals surface area contributed by atoms with Gasteiger partial charge in [-0.1, -0.05) is 0 Å². The maximum absolute atomic E-state index is 6.04. The van der Waals surface area contributed by atoms with Gasteiger partial charge in [-0.05, 0) is 27.7 Å². The molecule has 1 fully saturated rings. The van der Waals surface area contributed by atoms with E-state index in [1.54, 1.807) is 0 Å². The smallest absolute Gasteiger partial charge is 0.0540 e. The standard InChI is InChI=1S/C15H29N5/c1-12-13(11-17-18(12)5)14(10-16)19-6-8-20(9-7-19)15(2,3)4/h11,14H,6-10,16H2,1-5H3. The number of rotatable bonds is 3. The molecule has 1 aromatic heterocycles. The Morgan fingerprint density at radius 2 is 1.85 bits per heavy atom. The lowest BCUT2D eigenvalue weighted by Crippen LogP contribution is -2.54. The molecule has 2 N–H and O–H groups in total. The largest absolute Gasteiger partial charge is 0.329 e. The second kappa shape index (κ2) is 5.84. The third-order valence-electron chi connectivity index (χ3n) is 4.56. The maximum atomic E-state index is 6.04. The Hall–Kier alpha value is -0.910. The highest BCUT2D eigenvalue weighted by Crippen LogP contribution is 2.25. The van der Waals surface area contributed by atoms with Gasteiger partial charge in [0.05, 0.1) is 12.2 Å². The molecule has 0 aromatic carbocycles. The SMILES string of the molecule is Cc1c(C(CN)N2CCN(C(C)(C)C)CC2)cnn1C. The lowest BCUT2D eigenvalue weighted by molar-refractivity contribution is 0.0432. The molecule has 1 saturated heterocycles. The summed E-state index contributed by atoms with van der Waals surface area (Å²) in [5.74, 6) is 0. The van der Waals surface area contributed by atoms with Crippen LogP contribution >= 0.6 is 0 Å². The van der Waals surface area contributed by atoms with Crippen molar-refractivity contribution in [3.8, 4) is 0 Å². The van der Waals surface area contributed by atoms with Gasteiger partial charge < -0.3 is 5.73 Å². The van der Waals surface area contributed by atoms with Crippen molar-refractivity contribution in [2.45, 2.75) is 39.3 Å². The molecule has 1 unspecified atom stereocenters. The Kier molecular flexibility index (Phi) is 4.52. The first-order valence-electron chi connectivity index (χ1n) is 7.52. The molecule has 5 heteroatoms. The van der Waals surface area contributed by atoms with E-state index in [1.165, 1.54) is 11.3 Å². The van der Waals surface area contributed by atoms with Crippen LogP contribution in [0.15, 0.2) is 6.20 Å². The average Bonchev–Trinajstić information content (AvgIpc) is 2.72. The number of aromatic nitrogens is 2. The van der Waals surface area contributed by atoms with Crippen LogP contribution in [-0.2, 0) is 7.05 Å². The van der Waals surface area contributed by atoms with Crippen LogP contribution in [0.1, 0.15) is 38.1 Å². The highest BCUT2D eigenvalue weighted by Gasteiger charge is 2.30. The Morgan fingerprint density at radius 3 is 2.25 bits per heavy atom. The molecule has 2 heterocycles. The molecule has 0 bridgehead atoms. The molecule has 20 heavy (non-hydrogen) atoms. The van der Waals surface area contributed by atoms with E-state index in [9.17, 15) is 0 Å². The Labute approximate surface area is 122 Å². The molecule has 0 spiro atoms. The van der Waals surface area contributed by atoms with Gasteiger partial charge in [-0.15, -0.1) is 0 Å². The zero-order valence-corrected chi connectivity index (χ0v) is 13.6. The van der Waals surface area contributed by atoms with Crippen LogP contribution in [0.5, 0.6) is 0 Å². The summed E-state index contributed by atoms with van der Waals surface area (Å²) in [5, 5.41) is 4.36. The minimum Gasteiger partial charge on any atom is -0.329 e. The number of piperazine rings is 1. The summed E-state index contributed by atoms with van der Waals surface area (Å²) in [6.07, 6.45) is 1.98. The molecule has 5 nitrogen and oxygen atoms in total. The third kappa shape index (κ3) is 3.05. The van der Waals surface area contributed by atoms with E-state index in [0.29, 0.717) is 12.6 Å². The molecular weight excluding hydrogens is 250 g/mol. The predicted octanol–water partition coefficient (Wildman–Crippen LogP) is 1.14. The van der Waals surface area contributed by atoms with E-state index >= 15 is 0 Å². The molecule has 1 atom stereocenters. The number of nitrogens with zero attached hydrogens (tertiary/aromatic N) is 4. The first-order valence-corrected chi connectivity index (χ1v) is 7.52. The Balaban J connectivity index is 2.06. The third-order valence-corrected chi connectivity index (χ3v) is 4.56. The summed E-state index contributed by atoms with van der Waals surface area (Å²) < 4.78 is 1.93. The molecule has 0 saturated carbocycles. The molecule has 2 rings (SSSR count). The number of aryl methyl sites for hydroxylation is 1. The van der Waals surface area contributed by atoms with Crippen LogP contribution in [-0.4, -0.2) is 57.8 Å². The molecule has 114 valence electrons. The Bertz CT molecular complexity index is 438. The van der Waals surface area contributed by atoms with Gasteiger partial charge in [0.25, 0.3) is 0 Å². The van der Waals surface area contributed by atoms with Crippen LogP contribution in [0.3, 0.4) is 0 Å². The van der Waals surface area contributed by atoms with Crippen LogP contribution in [0.2, 0.25) is 0 Å². The fourth-order valence-corrected chi connectivity index (χ4v) is 3.02. The molecule has 1 aromatic rings. The van der Waals surface area contributed by atoms with Crippen LogP contribution in [0, 0.1) is 6.92 Å². The van der Waals surface area contributed by atoms with E-state index in [4.69, 9.17) is 5.73 Å².